The molecule has 0 N–H and O–H groups in total. The van der Waals surface area contributed by atoms with Gasteiger partial charge in [0, 0.05) is 6.54 Å². The predicted molar refractivity (Wildman–Crippen MR) is 110 cm³/mol. The van der Waals surface area contributed by atoms with Gasteiger partial charge in [0.15, 0.2) is 16.9 Å². The average Bonchev–Trinajstić information content (AvgIpc) is 3.04. The number of methoxy groups -OCH3 is 1. The Morgan fingerprint density at radius 1 is 1.07 bits per heavy atom. The first-order valence-corrected chi connectivity index (χ1v) is 9.78. The number of rotatable bonds is 6. The van der Waals surface area contributed by atoms with E-state index in [1.165, 1.54) is 0 Å². The third kappa shape index (κ3) is 3.05. The lowest BCUT2D eigenvalue weighted by Gasteiger charge is -2.24. The highest BCUT2D eigenvalue weighted by Crippen LogP contribution is 2.40. The van der Waals surface area contributed by atoms with Gasteiger partial charge in [-0.15, -0.1) is 0 Å². The van der Waals surface area contributed by atoms with E-state index in [-0.39, 0.29) is 17.1 Å². The molecule has 0 fully saturated rings. The van der Waals surface area contributed by atoms with Crippen molar-refractivity contribution in [2.45, 2.75) is 26.3 Å². The zero-order valence-corrected chi connectivity index (χ0v) is 16.7. The standard InChI is InChI=1S/C23H23NO5/c1-4-12-28-17-11-10-14(13-18(17)27-3)20-19-21(25)15-8-6-7-9-16(15)29-22(19)23(26)24(20)5-2/h6-11,13,20H,4-5,12H2,1-3H3/t20-/m0/s1. The van der Waals surface area contributed by atoms with E-state index in [0.29, 0.717) is 41.2 Å². The molecule has 0 aliphatic carbocycles. The van der Waals surface area contributed by atoms with Gasteiger partial charge in [-0.3, -0.25) is 9.59 Å². The van der Waals surface area contributed by atoms with Crippen LogP contribution >= 0.6 is 0 Å². The number of fused-ring (bicyclic) bond motifs is 2. The summed E-state index contributed by atoms with van der Waals surface area (Å²) in [5, 5.41) is 0.469. The van der Waals surface area contributed by atoms with Crippen molar-refractivity contribution in [3.8, 4) is 11.5 Å². The first-order valence-electron chi connectivity index (χ1n) is 9.78. The van der Waals surface area contributed by atoms with Crippen molar-refractivity contribution in [2.75, 3.05) is 20.3 Å². The van der Waals surface area contributed by atoms with Crippen molar-refractivity contribution in [3.63, 3.8) is 0 Å². The second-order valence-corrected chi connectivity index (χ2v) is 6.92. The molecule has 1 aliphatic heterocycles. The third-order valence-electron chi connectivity index (χ3n) is 5.18. The monoisotopic (exact) mass is 393 g/mol. The smallest absolute Gasteiger partial charge is 0.290 e. The molecule has 1 aliphatic rings. The van der Waals surface area contributed by atoms with E-state index in [2.05, 4.69) is 0 Å². The van der Waals surface area contributed by atoms with Crippen molar-refractivity contribution in [1.29, 1.82) is 0 Å². The molecule has 6 nitrogen and oxygen atoms in total. The molecule has 1 amide bonds. The van der Waals surface area contributed by atoms with Gasteiger partial charge in [0.1, 0.15) is 5.58 Å². The maximum absolute atomic E-state index is 13.3. The minimum Gasteiger partial charge on any atom is -0.493 e. The van der Waals surface area contributed by atoms with Crippen molar-refractivity contribution in [1.82, 2.24) is 4.90 Å². The highest BCUT2D eigenvalue weighted by atomic mass is 16.5. The minimum atomic E-state index is -0.530. The first kappa shape index (κ1) is 19.1. The number of carbonyl (C=O) groups excluding carboxylic acids is 1. The zero-order valence-electron chi connectivity index (χ0n) is 16.7. The zero-order chi connectivity index (χ0) is 20.5. The number of hydrogen-bond donors (Lipinski definition) is 0. The van der Waals surface area contributed by atoms with E-state index >= 15 is 0 Å². The van der Waals surface area contributed by atoms with E-state index < -0.39 is 6.04 Å². The second kappa shape index (κ2) is 7.62. The summed E-state index contributed by atoms with van der Waals surface area (Å²) in [5.41, 5.74) is 1.39. The molecule has 0 radical (unpaired) electrons. The molecular formula is C23H23NO5. The van der Waals surface area contributed by atoms with Crippen LogP contribution in [-0.2, 0) is 0 Å². The van der Waals surface area contributed by atoms with Crippen LogP contribution in [0.1, 0.15) is 48.0 Å². The van der Waals surface area contributed by atoms with Crippen LogP contribution in [0.3, 0.4) is 0 Å². The van der Waals surface area contributed by atoms with Gasteiger partial charge < -0.3 is 18.8 Å². The summed E-state index contributed by atoms with van der Waals surface area (Å²) in [7, 11) is 1.57. The lowest BCUT2D eigenvalue weighted by Crippen LogP contribution is -2.29. The van der Waals surface area contributed by atoms with Crippen molar-refractivity contribution in [3.05, 3.63) is 69.6 Å². The molecule has 2 heterocycles. The van der Waals surface area contributed by atoms with E-state index in [4.69, 9.17) is 13.9 Å². The molecule has 0 saturated heterocycles. The van der Waals surface area contributed by atoms with Crippen LogP contribution in [0.15, 0.2) is 51.7 Å². The lowest BCUT2D eigenvalue weighted by molar-refractivity contribution is 0.0737. The molecule has 1 atom stereocenters. The molecule has 3 aromatic rings. The van der Waals surface area contributed by atoms with Crippen LogP contribution in [0.4, 0.5) is 0 Å². The molecule has 0 saturated carbocycles. The van der Waals surface area contributed by atoms with Gasteiger partial charge in [0.05, 0.1) is 30.7 Å². The van der Waals surface area contributed by atoms with Crippen LogP contribution < -0.4 is 14.9 Å². The number of benzene rings is 2. The molecule has 1 aromatic heterocycles. The lowest BCUT2D eigenvalue weighted by atomic mass is 9.98. The maximum Gasteiger partial charge on any atom is 0.290 e. The van der Waals surface area contributed by atoms with Gasteiger partial charge in [0.2, 0.25) is 5.76 Å². The van der Waals surface area contributed by atoms with Crippen molar-refractivity contribution < 1.29 is 18.7 Å². The van der Waals surface area contributed by atoms with Gasteiger partial charge in [-0.25, -0.2) is 0 Å². The summed E-state index contributed by atoms with van der Waals surface area (Å²) in [6.07, 6.45) is 0.882. The Bertz CT molecular complexity index is 1130. The van der Waals surface area contributed by atoms with Gasteiger partial charge in [-0.1, -0.05) is 25.1 Å². The highest BCUT2D eigenvalue weighted by Gasteiger charge is 2.42. The Morgan fingerprint density at radius 2 is 1.86 bits per heavy atom. The summed E-state index contributed by atoms with van der Waals surface area (Å²) in [4.78, 5) is 27.9. The SMILES string of the molecule is CCCOc1ccc([C@H]2c3c(oc4ccccc4c3=O)C(=O)N2CC)cc1OC. The third-order valence-corrected chi connectivity index (χ3v) is 5.18. The molecule has 150 valence electrons. The van der Waals surface area contributed by atoms with Gasteiger partial charge in [-0.05, 0) is 43.2 Å². The van der Waals surface area contributed by atoms with E-state index in [1.54, 1.807) is 36.3 Å². The summed E-state index contributed by atoms with van der Waals surface area (Å²) in [6.45, 7) is 4.94. The normalized spacial score (nSPS) is 15.6. The molecule has 6 heteroatoms. The summed E-state index contributed by atoms with van der Waals surface area (Å²) in [5.74, 6) is 1.04. The van der Waals surface area contributed by atoms with E-state index in [0.717, 1.165) is 12.0 Å². The molecule has 0 bridgehead atoms. The Hall–Kier alpha value is -3.28. The Balaban J connectivity index is 1.90. The maximum atomic E-state index is 13.3. The van der Waals surface area contributed by atoms with Crippen LogP contribution in [0.5, 0.6) is 11.5 Å². The predicted octanol–water partition coefficient (Wildman–Crippen LogP) is 4.16. The Kier molecular flexibility index (Phi) is 5.01. The number of hydrogen-bond acceptors (Lipinski definition) is 5. The molecule has 0 unspecified atom stereocenters. The topological polar surface area (TPSA) is 69.0 Å². The first-order chi connectivity index (χ1) is 14.1. The number of nitrogens with zero attached hydrogens (tertiary/aromatic N) is 1. The Labute approximate surface area is 168 Å². The average molecular weight is 393 g/mol. The van der Waals surface area contributed by atoms with Gasteiger partial charge >= 0.3 is 0 Å². The van der Waals surface area contributed by atoms with Crippen LogP contribution in [-0.4, -0.2) is 31.1 Å². The summed E-state index contributed by atoms with van der Waals surface area (Å²) < 4.78 is 17.1. The number of amides is 1. The molecule has 29 heavy (non-hydrogen) atoms. The van der Waals surface area contributed by atoms with Crippen LogP contribution in [0.2, 0.25) is 0 Å². The van der Waals surface area contributed by atoms with Gasteiger partial charge in [-0.2, -0.15) is 0 Å². The molecule has 2 aromatic carbocycles. The van der Waals surface area contributed by atoms with E-state index in [1.807, 2.05) is 32.0 Å². The fourth-order valence-corrected chi connectivity index (χ4v) is 3.83. The minimum absolute atomic E-state index is 0.117. The largest absolute Gasteiger partial charge is 0.493 e. The number of carbonyl (C=O) groups is 1. The van der Waals surface area contributed by atoms with Crippen LogP contribution in [0.25, 0.3) is 11.0 Å². The summed E-state index contributed by atoms with van der Waals surface area (Å²) in [6, 6.07) is 12.0. The molecule has 4 rings (SSSR count). The van der Waals surface area contributed by atoms with Crippen molar-refractivity contribution >= 4 is 16.9 Å². The Morgan fingerprint density at radius 3 is 2.59 bits per heavy atom. The van der Waals surface area contributed by atoms with E-state index in [9.17, 15) is 9.59 Å². The highest BCUT2D eigenvalue weighted by molar-refractivity contribution is 5.99. The fourth-order valence-electron chi connectivity index (χ4n) is 3.83. The van der Waals surface area contributed by atoms with Gasteiger partial charge in [0.25, 0.3) is 5.91 Å². The summed E-state index contributed by atoms with van der Waals surface area (Å²) >= 11 is 0. The fraction of sp³-hybridized carbons (Fsp3) is 0.304. The second-order valence-electron chi connectivity index (χ2n) is 6.92. The molecule has 0 spiro atoms. The van der Waals surface area contributed by atoms with Crippen LogP contribution in [0, 0.1) is 0 Å². The quantitative estimate of drug-likeness (QED) is 0.629. The van der Waals surface area contributed by atoms with Crippen molar-refractivity contribution in [2.24, 2.45) is 0 Å². The number of para-hydroxylation sites is 1. The molecular weight excluding hydrogens is 370 g/mol. The number of ether oxygens (including phenoxy) is 2.